The number of rotatable bonds is 4. The second kappa shape index (κ2) is 6.19. The van der Waals surface area contributed by atoms with Crippen molar-refractivity contribution in [1.29, 1.82) is 0 Å². The maximum atomic E-state index is 12.5. The third-order valence-electron chi connectivity index (χ3n) is 3.09. The fourth-order valence-electron chi connectivity index (χ4n) is 1.88. The molecule has 9 heteroatoms. The van der Waals surface area contributed by atoms with Gasteiger partial charge < -0.3 is 14.2 Å². The first kappa shape index (κ1) is 15.8. The highest BCUT2D eigenvalue weighted by atomic mass is 19.4. The molecule has 0 saturated heterocycles. The van der Waals surface area contributed by atoms with E-state index in [1.54, 1.807) is 12.1 Å². The number of amides is 1. The van der Waals surface area contributed by atoms with Gasteiger partial charge in [0.2, 0.25) is 0 Å². The van der Waals surface area contributed by atoms with Gasteiger partial charge in [0.15, 0.2) is 5.76 Å². The molecule has 0 saturated carbocycles. The molecule has 2 aromatic heterocycles. The van der Waals surface area contributed by atoms with Crippen molar-refractivity contribution >= 4 is 5.91 Å². The van der Waals surface area contributed by atoms with Crippen LogP contribution in [0.2, 0.25) is 0 Å². The summed E-state index contributed by atoms with van der Waals surface area (Å²) in [5.74, 6) is -0.530. The van der Waals surface area contributed by atoms with Gasteiger partial charge in [-0.05, 0) is 29.8 Å². The molecule has 3 aromatic rings. The van der Waals surface area contributed by atoms with Crippen molar-refractivity contribution in [2.75, 3.05) is 0 Å². The van der Waals surface area contributed by atoms with Crippen LogP contribution in [0.25, 0.3) is 11.7 Å². The minimum absolute atomic E-state index is 0.0232. The highest BCUT2D eigenvalue weighted by molar-refractivity contribution is 5.89. The summed E-state index contributed by atoms with van der Waals surface area (Å²) in [5, 5.41) is 9.76. The average molecular weight is 337 g/mol. The molecule has 0 spiro atoms. The molecule has 2 heterocycles. The number of halogens is 3. The Morgan fingerprint density at radius 3 is 2.50 bits per heavy atom. The van der Waals surface area contributed by atoms with Gasteiger partial charge in [-0.1, -0.05) is 12.1 Å². The number of benzene rings is 1. The van der Waals surface area contributed by atoms with E-state index in [1.165, 1.54) is 18.4 Å². The first-order valence-corrected chi connectivity index (χ1v) is 6.75. The van der Waals surface area contributed by atoms with Crippen LogP contribution in [0, 0.1) is 0 Å². The average Bonchev–Trinajstić information content (AvgIpc) is 3.22. The molecule has 0 fully saturated rings. The van der Waals surface area contributed by atoms with E-state index in [2.05, 4.69) is 15.5 Å². The van der Waals surface area contributed by atoms with Gasteiger partial charge in [0, 0.05) is 6.54 Å². The van der Waals surface area contributed by atoms with Crippen molar-refractivity contribution < 1.29 is 26.8 Å². The largest absolute Gasteiger partial charge is 0.459 e. The van der Waals surface area contributed by atoms with Gasteiger partial charge in [-0.15, -0.1) is 10.2 Å². The predicted molar refractivity (Wildman–Crippen MR) is 74.6 cm³/mol. The Balaban J connectivity index is 1.61. The standard InChI is InChI=1S/C15H10F3N3O3/c16-15(17,18)10-5-3-9(4-6-10)8-19-12(22)14-21-20-13(24-14)11-2-1-7-23-11/h1-7H,8H2,(H,19,22). The quantitative estimate of drug-likeness (QED) is 0.790. The Morgan fingerprint density at radius 2 is 1.88 bits per heavy atom. The number of hydrogen-bond donors (Lipinski definition) is 1. The lowest BCUT2D eigenvalue weighted by atomic mass is 10.1. The zero-order valence-corrected chi connectivity index (χ0v) is 12.0. The van der Waals surface area contributed by atoms with Crippen LogP contribution in [-0.4, -0.2) is 16.1 Å². The van der Waals surface area contributed by atoms with E-state index in [9.17, 15) is 18.0 Å². The Hall–Kier alpha value is -3.10. The lowest BCUT2D eigenvalue weighted by Crippen LogP contribution is -2.23. The van der Waals surface area contributed by atoms with Crippen LogP contribution < -0.4 is 5.32 Å². The zero-order valence-electron chi connectivity index (χ0n) is 12.0. The third kappa shape index (κ3) is 3.45. The molecule has 0 radical (unpaired) electrons. The van der Waals surface area contributed by atoms with E-state index < -0.39 is 17.6 Å². The van der Waals surface area contributed by atoms with Crippen molar-refractivity contribution in [3.05, 3.63) is 59.7 Å². The van der Waals surface area contributed by atoms with Gasteiger partial charge in [0.1, 0.15) is 0 Å². The first-order valence-electron chi connectivity index (χ1n) is 6.75. The minimum atomic E-state index is -4.40. The number of hydrogen-bond acceptors (Lipinski definition) is 5. The van der Waals surface area contributed by atoms with Gasteiger partial charge in [0.05, 0.1) is 11.8 Å². The number of nitrogens with zero attached hydrogens (tertiary/aromatic N) is 2. The zero-order chi connectivity index (χ0) is 17.2. The number of carbonyl (C=O) groups is 1. The second-order valence-corrected chi connectivity index (χ2v) is 4.77. The summed E-state index contributed by atoms with van der Waals surface area (Å²) in [7, 11) is 0. The second-order valence-electron chi connectivity index (χ2n) is 4.77. The molecule has 24 heavy (non-hydrogen) atoms. The summed E-state index contributed by atoms with van der Waals surface area (Å²) in [6, 6.07) is 7.68. The number of furan rings is 1. The molecule has 0 bridgehead atoms. The number of nitrogens with one attached hydrogen (secondary N) is 1. The molecule has 0 aliphatic carbocycles. The number of carbonyl (C=O) groups excluding carboxylic acids is 1. The molecule has 0 aliphatic rings. The monoisotopic (exact) mass is 337 g/mol. The molecule has 1 N–H and O–H groups in total. The van der Waals surface area contributed by atoms with Crippen molar-refractivity contribution in [3.63, 3.8) is 0 Å². The Labute approximate surface area is 133 Å². The molecule has 1 aromatic carbocycles. The molecular weight excluding hydrogens is 327 g/mol. The number of aromatic nitrogens is 2. The van der Waals surface area contributed by atoms with Crippen LogP contribution in [0.5, 0.6) is 0 Å². The Kier molecular flexibility index (Phi) is 4.07. The van der Waals surface area contributed by atoms with Crippen molar-refractivity contribution in [2.24, 2.45) is 0 Å². The maximum Gasteiger partial charge on any atom is 0.416 e. The van der Waals surface area contributed by atoms with Crippen LogP contribution in [-0.2, 0) is 12.7 Å². The predicted octanol–water partition coefficient (Wildman–Crippen LogP) is 3.28. The van der Waals surface area contributed by atoms with Crippen LogP contribution >= 0.6 is 0 Å². The van der Waals surface area contributed by atoms with Gasteiger partial charge in [-0.2, -0.15) is 13.2 Å². The summed E-state index contributed by atoms with van der Waals surface area (Å²) < 4.78 is 47.6. The Morgan fingerprint density at radius 1 is 1.12 bits per heavy atom. The lowest BCUT2D eigenvalue weighted by molar-refractivity contribution is -0.137. The van der Waals surface area contributed by atoms with E-state index in [1.807, 2.05) is 0 Å². The summed E-state index contributed by atoms with van der Waals surface area (Å²) in [6.45, 7) is 0.0232. The van der Waals surface area contributed by atoms with Crippen molar-refractivity contribution in [2.45, 2.75) is 12.7 Å². The van der Waals surface area contributed by atoms with Gasteiger partial charge in [0.25, 0.3) is 5.89 Å². The topological polar surface area (TPSA) is 81.2 Å². The highest BCUT2D eigenvalue weighted by Gasteiger charge is 2.29. The Bertz CT molecular complexity index is 824. The van der Waals surface area contributed by atoms with Crippen molar-refractivity contribution in [1.82, 2.24) is 15.5 Å². The van der Waals surface area contributed by atoms with E-state index in [4.69, 9.17) is 8.83 Å². The van der Waals surface area contributed by atoms with Gasteiger partial charge in [-0.3, -0.25) is 4.79 Å². The summed E-state index contributed by atoms with van der Waals surface area (Å²) >= 11 is 0. The molecule has 0 unspecified atom stereocenters. The molecule has 0 aliphatic heterocycles. The fraction of sp³-hybridized carbons (Fsp3) is 0.133. The van der Waals surface area contributed by atoms with Crippen LogP contribution in [0.3, 0.4) is 0 Å². The van der Waals surface area contributed by atoms with Crippen molar-refractivity contribution in [3.8, 4) is 11.7 Å². The summed E-state index contributed by atoms with van der Waals surface area (Å²) in [6.07, 6.45) is -2.97. The summed E-state index contributed by atoms with van der Waals surface area (Å²) in [5.41, 5.74) is -0.250. The fourth-order valence-corrected chi connectivity index (χ4v) is 1.88. The third-order valence-corrected chi connectivity index (χ3v) is 3.09. The van der Waals surface area contributed by atoms with E-state index in [0.29, 0.717) is 11.3 Å². The van der Waals surface area contributed by atoms with E-state index >= 15 is 0 Å². The van der Waals surface area contributed by atoms with E-state index in [-0.39, 0.29) is 18.3 Å². The number of alkyl halides is 3. The molecule has 124 valence electrons. The molecule has 3 rings (SSSR count). The molecular formula is C15H10F3N3O3. The normalized spacial score (nSPS) is 11.5. The molecule has 6 nitrogen and oxygen atoms in total. The van der Waals surface area contributed by atoms with E-state index in [0.717, 1.165) is 12.1 Å². The first-order chi connectivity index (χ1) is 11.4. The minimum Gasteiger partial charge on any atom is -0.459 e. The maximum absolute atomic E-state index is 12.5. The van der Waals surface area contributed by atoms with Gasteiger partial charge >= 0.3 is 18.0 Å². The van der Waals surface area contributed by atoms with Gasteiger partial charge in [-0.25, -0.2) is 0 Å². The smallest absolute Gasteiger partial charge is 0.416 e. The summed E-state index contributed by atoms with van der Waals surface area (Å²) in [4.78, 5) is 11.9. The highest BCUT2D eigenvalue weighted by Crippen LogP contribution is 2.29. The molecule has 0 atom stereocenters. The SMILES string of the molecule is O=C(NCc1ccc(C(F)(F)F)cc1)c1nnc(-c2ccco2)o1. The molecule has 1 amide bonds. The van der Waals surface area contributed by atoms with Crippen LogP contribution in [0.15, 0.2) is 51.5 Å². The van der Waals surface area contributed by atoms with Crippen LogP contribution in [0.4, 0.5) is 13.2 Å². The van der Waals surface area contributed by atoms with Crippen LogP contribution in [0.1, 0.15) is 21.8 Å². The lowest BCUT2D eigenvalue weighted by Gasteiger charge is -2.07.